The van der Waals surface area contributed by atoms with Crippen LogP contribution in [0.15, 0.2) is 12.1 Å². The topological polar surface area (TPSA) is 15.3 Å². The Morgan fingerprint density at radius 3 is 2.85 bits per heavy atom. The molecule has 0 spiro atoms. The van der Waals surface area contributed by atoms with Crippen LogP contribution in [0.3, 0.4) is 0 Å². The summed E-state index contributed by atoms with van der Waals surface area (Å²) in [6, 6.07) is 5.38. The molecule has 2 rings (SSSR count). The van der Waals surface area contributed by atoms with Gasteiger partial charge < -0.3 is 5.32 Å². The quantitative estimate of drug-likeness (QED) is 0.843. The Hall–Kier alpha value is -0.380. The number of nitrogens with zero attached hydrogens (tertiary/aromatic N) is 1. The summed E-state index contributed by atoms with van der Waals surface area (Å²) in [5.41, 5.74) is 0. The molecule has 0 aromatic carbocycles. The summed E-state index contributed by atoms with van der Waals surface area (Å²) in [6.07, 6.45) is 5.56. The molecule has 0 bridgehead atoms. The third-order valence-electron chi connectivity index (χ3n) is 4.12. The molecule has 1 saturated heterocycles. The second kappa shape index (κ2) is 8.16. The number of hydrogen-bond donors (Lipinski definition) is 1. The summed E-state index contributed by atoms with van der Waals surface area (Å²) >= 11 is 1.98. The van der Waals surface area contributed by atoms with E-state index in [1.165, 1.54) is 42.0 Å². The third kappa shape index (κ3) is 5.19. The lowest BCUT2D eigenvalue weighted by molar-refractivity contribution is 0.207. The first-order valence-electron chi connectivity index (χ1n) is 8.17. The smallest absolute Gasteiger partial charge is 0.0330 e. The van der Waals surface area contributed by atoms with E-state index in [0.29, 0.717) is 0 Å². The second-order valence-electron chi connectivity index (χ2n) is 6.56. The Balaban J connectivity index is 1.82. The highest BCUT2D eigenvalue weighted by molar-refractivity contribution is 7.11. The van der Waals surface area contributed by atoms with Gasteiger partial charge in [0.15, 0.2) is 0 Å². The van der Waals surface area contributed by atoms with Gasteiger partial charge in [-0.25, -0.2) is 0 Å². The molecule has 1 atom stereocenters. The SMILES string of the molecule is CC(C)CNCc1ccc(CN2CCCCCC2C)s1. The highest BCUT2D eigenvalue weighted by atomic mass is 32.1. The Bertz CT molecular complexity index is 386. The number of nitrogens with one attached hydrogen (secondary N) is 1. The van der Waals surface area contributed by atoms with Crippen molar-refractivity contribution < 1.29 is 0 Å². The number of hydrogen-bond acceptors (Lipinski definition) is 3. The maximum atomic E-state index is 3.53. The maximum absolute atomic E-state index is 3.53. The van der Waals surface area contributed by atoms with Crippen molar-refractivity contribution in [2.24, 2.45) is 5.92 Å². The van der Waals surface area contributed by atoms with Crippen molar-refractivity contribution in [1.82, 2.24) is 10.2 Å². The van der Waals surface area contributed by atoms with Gasteiger partial charge in [0.1, 0.15) is 0 Å². The molecular weight excluding hydrogens is 264 g/mol. The first-order chi connectivity index (χ1) is 9.65. The maximum Gasteiger partial charge on any atom is 0.0330 e. The van der Waals surface area contributed by atoms with Crippen molar-refractivity contribution in [3.8, 4) is 0 Å². The summed E-state index contributed by atoms with van der Waals surface area (Å²) in [7, 11) is 0. The van der Waals surface area contributed by atoms with Crippen LogP contribution in [-0.2, 0) is 13.1 Å². The van der Waals surface area contributed by atoms with Crippen LogP contribution in [0.1, 0.15) is 56.2 Å². The van der Waals surface area contributed by atoms with E-state index in [0.717, 1.165) is 31.6 Å². The first kappa shape index (κ1) is 16.0. The van der Waals surface area contributed by atoms with Gasteiger partial charge in [0.25, 0.3) is 0 Å². The predicted molar refractivity (Wildman–Crippen MR) is 89.2 cm³/mol. The van der Waals surface area contributed by atoms with Gasteiger partial charge in [-0.15, -0.1) is 11.3 Å². The fourth-order valence-corrected chi connectivity index (χ4v) is 3.87. The minimum Gasteiger partial charge on any atom is -0.312 e. The zero-order valence-corrected chi connectivity index (χ0v) is 14.1. The van der Waals surface area contributed by atoms with Crippen LogP contribution in [0.4, 0.5) is 0 Å². The molecule has 1 fully saturated rings. The fourth-order valence-electron chi connectivity index (χ4n) is 2.86. The molecule has 0 saturated carbocycles. The van der Waals surface area contributed by atoms with Crippen molar-refractivity contribution in [3.63, 3.8) is 0 Å². The van der Waals surface area contributed by atoms with Gasteiger partial charge in [-0.1, -0.05) is 26.7 Å². The van der Waals surface area contributed by atoms with Crippen molar-refractivity contribution in [1.29, 1.82) is 0 Å². The van der Waals surface area contributed by atoms with Crippen LogP contribution in [0.5, 0.6) is 0 Å². The summed E-state index contributed by atoms with van der Waals surface area (Å²) < 4.78 is 0. The molecule has 1 N–H and O–H groups in total. The fraction of sp³-hybridized carbons (Fsp3) is 0.765. The molecule has 1 aliphatic rings. The zero-order valence-electron chi connectivity index (χ0n) is 13.3. The molecule has 0 radical (unpaired) electrons. The summed E-state index contributed by atoms with van der Waals surface area (Å²) in [5, 5.41) is 3.53. The van der Waals surface area contributed by atoms with E-state index >= 15 is 0 Å². The van der Waals surface area contributed by atoms with Crippen LogP contribution in [0, 0.1) is 5.92 Å². The summed E-state index contributed by atoms with van der Waals surface area (Å²) in [6.45, 7) is 11.5. The number of likely N-dealkylation sites (tertiary alicyclic amines) is 1. The van der Waals surface area contributed by atoms with Crippen LogP contribution < -0.4 is 5.32 Å². The largest absolute Gasteiger partial charge is 0.312 e. The molecule has 3 heteroatoms. The van der Waals surface area contributed by atoms with Crippen molar-refractivity contribution >= 4 is 11.3 Å². The normalized spacial score (nSPS) is 21.3. The molecule has 0 amide bonds. The second-order valence-corrected chi connectivity index (χ2v) is 7.81. The molecule has 114 valence electrons. The zero-order chi connectivity index (χ0) is 14.4. The van der Waals surface area contributed by atoms with Crippen LogP contribution in [-0.4, -0.2) is 24.0 Å². The first-order valence-corrected chi connectivity index (χ1v) is 8.99. The van der Waals surface area contributed by atoms with E-state index in [1.54, 1.807) is 0 Å². The lowest BCUT2D eigenvalue weighted by atomic mass is 10.1. The Kier molecular flexibility index (Phi) is 6.53. The molecule has 0 aliphatic carbocycles. The summed E-state index contributed by atoms with van der Waals surface area (Å²) in [5.74, 6) is 0.729. The number of rotatable bonds is 6. The number of thiophene rings is 1. The average Bonchev–Trinajstić information content (AvgIpc) is 2.74. The van der Waals surface area contributed by atoms with Crippen LogP contribution in [0.25, 0.3) is 0 Å². The average molecular weight is 295 g/mol. The van der Waals surface area contributed by atoms with Gasteiger partial charge in [-0.3, -0.25) is 4.90 Å². The van der Waals surface area contributed by atoms with Crippen LogP contribution >= 0.6 is 11.3 Å². The molecule has 2 nitrogen and oxygen atoms in total. The highest BCUT2D eigenvalue weighted by Crippen LogP contribution is 2.23. The molecule has 2 heterocycles. The van der Waals surface area contributed by atoms with Gasteiger partial charge in [0, 0.05) is 28.9 Å². The van der Waals surface area contributed by atoms with E-state index in [4.69, 9.17) is 0 Å². The standard InChI is InChI=1S/C17H30N2S/c1-14(2)11-18-12-16-8-9-17(20-16)13-19-10-6-4-5-7-15(19)3/h8-9,14-15,18H,4-7,10-13H2,1-3H3. The molecule has 1 unspecified atom stereocenters. The van der Waals surface area contributed by atoms with Gasteiger partial charge in [-0.2, -0.15) is 0 Å². The highest BCUT2D eigenvalue weighted by Gasteiger charge is 2.17. The van der Waals surface area contributed by atoms with E-state index in [2.05, 4.69) is 43.1 Å². The van der Waals surface area contributed by atoms with E-state index in [-0.39, 0.29) is 0 Å². The van der Waals surface area contributed by atoms with Crippen LogP contribution in [0.2, 0.25) is 0 Å². The Morgan fingerprint density at radius 2 is 2.05 bits per heavy atom. The minimum absolute atomic E-state index is 0.729. The van der Waals surface area contributed by atoms with Crippen molar-refractivity contribution in [3.05, 3.63) is 21.9 Å². The van der Waals surface area contributed by atoms with Gasteiger partial charge >= 0.3 is 0 Å². The van der Waals surface area contributed by atoms with Gasteiger partial charge in [0.2, 0.25) is 0 Å². The predicted octanol–water partition coefficient (Wildman–Crippen LogP) is 4.26. The molecule has 1 aliphatic heterocycles. The van der Waals surface area contributed by atoms with E-state index in [9.17, 15) is 0 Å². The van der Waals surface area contributed by atoms with Crippen molar-refractivity contribution in [2.75, 3.05) is 13.1 Å². The van der Waals surface area contributed by atoms with Gasteiger partial charge in [0.05, 0.1) is 0 Å². The summed E-state index contributed by atoms with van der Waals surface area (Å²) in [4.78, 5) is 5.67. The molecule has 1 aromatic heterocycles. The monoisotopic (exact) mass is 294 g/mol. The Labute approximate surface area is 128 Å². The van der Waals surface area contributed by atoms with Gasteiger partial charge in [-0.05, 0) is 50.9 Å². The lowest BCUT2D eigenvalue weighted by Gasteiger charge is -2.26. The molecule has 20 heavy (non-hydrogen) atoms. The third-order valence-corrected chi connectivity index (χ3v) is 5.19. The minimum atomic E-state index is 0.729. The molecule has 1 aromatic rings. The van der Waals surface area contributed by atoms with E-state index < -0.39 is 0 Å². The molecular formula is C17H30N2S. The lowest BCUT2D eigenvalue weighted by Crippen LogP contribution is -2.31. The van der Waals surface area contributed by atoms with E-state index in [1.807, 2.05) is 11.3 Å². The Morgan fingerprint density at radius 1 is 1.25 bits per heavy atom. The van der Waals surface area contributed by atoms with Crippen molar-refractivity contribution in [2.45, 2.75) is 65.6 Å².